The van der Waals surface area contributed by atoms with Crippen LogP contribution in [0.1, 0.15) is 23.2 Å². The van der Waals surface area contributed by atoms with Crippen LogP contribution in [0.2, 0.25) is 0 Å². The monoisotopic (exact) mass is 312 g/mol. The zero-order valence-corrected chi connectivity index (χ0v) is 11.6. The van der Waals surface area contributed by atoms with Crippen molar-refractivity contribution in [3.05, 3.63) is 34.3 Å². The summed E-state index contributed by atoms with van der Waals surface area (Å²) < 4.78 is 0.946. The second kappa shape index (κ2) is 5.14. The normalized spacial score (nSPS) is 16.3. The molecular formula is C12H13BrN2OS. The predicted molar refractivity (Wildman–Crippen MR) is 74.9 cm³/mol. The Hall–Kier alpha value is -0.940. The third kappa shape index (κ3) is 3.26. The number of nitrogens with one attached hydrogen (secondary N) is 1. The van der Waals surface area contributed by atoms with Crippen LogP contribution in [0, 0.1) is 5.92 Å². The Morgan fingerprint density at radius 3 is 2.47 bits per heavy atom. The topological polar surface area (TPSA) is 55.1 Å². The van der Waals surface area contributed by atoms with Gasteiger partial charge in [0.15, 0.2) is 0 Å². The summed E-state index contributed by atoms with van der Waals surface area (Å²) in [5.74, 6) is 0.300. The van der Waals surface area contributed by atoms with Crippen LogP contribution in [0.5, 0.6) is 0 Å². The lowest BCUT2D eigenvalue weighted by molar-refractivity contribution is 0.0944. The number of hydrogen-bond acceptors (Lipinski definition) is 2. The van der Waals surface area contributed by atoms with Crippen molar-refractivity contribution in [1.82, 2.24) is 5.32 Å². The minimum atomic E-state index is -0.166. The highest BCUT2D eigenvalue weighted by Gasteiger charge is 2.34. The summed E-state index contributed by atoms with van der Waals surface area (Å²) in [5.41, 5.74) is 6.26. The Bertz CT molecular complexity index is 442. The van der Waals surface area contributed by atoms with Gasteiger partial charge < -0.3 is 11.1 Å². The van der Waals surface area contributed by atoms with E-state index in [2.05, 4.69) is 21.2 Å². The molecule has 1 aromatic carbocycles. The number of benzene rings is 1. The predicted octanol–water partition coefficient (Wildman–Crippen LogP) is 2.24. The van der Waals surface area contributed by atoms with Gasteiger partial charge in [-0.25, -0.2) is 0 Å². The first-order chi connectivity index (χ1) is 8.08. The van der Waals surface area contributed by atoms with E-state index in [1.54, 1.807) is 12.1 Å². The first kappa shape index (κ1) is 12.5. The Labute approximate surface area is 114 Å². The fourth-order valence-electron chi connectivity index (χ4n) is 1.68. The molecule has 0 saturated heterocycles. The zero-order chi connectivity index (χ0) is 12.4. The lowest BCUT2D eigenvalue weighted by Crippen LogP contribution is -2.45. The minimum Gasteiger partial charge on any atom is -0.392 e. The molecule has 3 N–H and O–H groups in total. The first-order valence-electron chi connectivity index (χ1n) is 5.43. The quantitative estimate of drug-likeness (QED) is 0.838. The molecule has 0 radical (unpaired) electrons. The fraction of sp³-hybridized carbons (Fsp3) is 0.333. The molecule has 1 aromatic rings. The summed E-state index contributed by atoms with van der Waals surface area (Å²) in [6.07, 6.45) is 2.17. The van der Waals surface area contributed by atoms with E-state index in [0.717, 1.165) is 17.3 Å². The Morgan fingerprint density at radius 1 is 1.41 bits per heavy atom. The molecule has 0 spiro atoms. The number of carbonyl (C=O) groups is 1. The van der Waals surface area contributed by atoms with Gasteiger partial charge in [0, 0.05) is 10.0 Å². The molecule has 1 saturated carbocycles. The molecule has 0 heterocycles. The van der Waals surface area contributed by atoms with Crippen LogP contribution in [0.3, 0.4) is 0 Å². The highest BCUT2D eigenvalue weighted by Crippen LogP contribution is 2.32. The van der Waals surface area contributed by atoms with Gasteiger partial charge in [-0.15, -0.1) is 0 Å². The van der Waals surface area contributed by atoms with E-state index in [1.165, 1.54) is 0 Å². The molecule has 3 nitrogen and oxygen atoms in total. The van der Waals surface area contributed by atoms with Crippen molar-refractivity contribution in [1.29, 1.82) is 0 Å². The number of thiocarbonyl (C=S) groups is 1. The van der Waals surface area contributed by atoms with Crippen LogP contribution in [0.4, 0.5) is 0 Å². The maximum Gasteiger partial charge on any atom is 0.251 e. The Balaban J connectivity index is 2.04. The molecule has 0 aromatic heterocycles. The molecule has 0 aliphatic heterocycles. The molecule has 2 rings (SSSR count). The molecule has 1 amide bonds. The molecule has 90 valence electrons. The summed E-state index contributed by atoms with van der Waals surface area (Å²) in [6, 6.07) is 7.04. The van der Waals surface area contributed by atoms with E-state index in [-0.39, 0.29) is 11.9 Å². The van der Waals surface area contributed by atoms with Crippen molar-refractivity contribution >= 4 is 39.0 Å². The summed E-state index contributed by atoms with van der Waals surface area (Å²) in [6.45, 7) is 0. The van der Waals surface area contributed by atoms with Crippen molar-refractivity contribution < 1.29 is 4.79 Å². The molecule has 17 heavy (non-hydrogen) atoms. The first-order valence-corrected chi connectivity index (χ1v) is 6.64. The summed E-state index contributed by atoms with van der Waals surface area (Å²) in [5, 5.41) is 2.89. The molecule has 1 atom stereocenters. The van der Waals surface area contributed by atoms with Crippen molar-refractivity contribution in [3.8, 4) is 0 Å². The Kier molecular flexibility index (Phi) is 3.79. The van der Waals surface area contributed by atoms with E-state index in [4.69, 9.17) is 18.0 Å². The number of rotatable bonds is 4. The molecule has 1 unspecified atom stereocenters. The van der Waals surface area contributed by atoms with E-state index >= 15 is 0 Å². The Morgan fingerprint density at radius 2 is 2.00 bits per heavy atom. The summed E-state index contributed by atoms with van der Waals surface area (Å²) in [7, 11) is 0. The van der Waals surface area contributed by atoms with Crippen molar-refractivity contribution in [2.45, 2.75) is 18.9 Å². The molecular weight excluding hydrogens is 300 g/mol. The second-order valence-corrected chi connectivity index (χ2v) is 5.58. The van der Waals surface area contributed by atoms with Gasteiger partial charge in [0.25, 0.3) is 5.91 Å². The third-order valence-electron chi connectivity index (χ3n) is 2.79. The van der Waals surface area contributed by atoms with Gasteiger partial charge in [-0.05, 0) is 43.0 Å². The average Bonchev–Trinajstić information content (AvgIpc) is 3.10. The van der Waals surface area contributed by atoms with Crippen LogP contribution < -0.4 is 11.1 Å². The van der Waals surface area contributed by atoms with Crippen LogP contribution >= 0.6 is 28.1 Å². The number of carbonyl (C=O) groups excluding carboxylic acids is 1. The van der Waals surface area contributed by atoms with Gasteiger partial charge in [0.1, 0.15) is 0 Å². The maximum absolute atomic E-state index is 12.0. The maximum atomic E-state index is 12.0. The highest BCUT2D eigenvalue weighted by molar-refractivity contribution is 9.10. The van der Waals surface area contributed by atoms with Crippen LogP contribution in [-0.4, -0.2) is 16.9 Å². The molecule has 1 aliphatic carbocycles. The van der Waals surface area contributed by atoms with Crippen LogP contribution in [0.15, 0.2) is 28.7 Å². The lowest BCUT2D eigenvalue weighted by Gasteiger charge is -2.16. The lowest BCUT2D eigenvalue weighted by atomic mass is 10.1. The number of nitrogens with two attached hydrogens (primary N) is 1. The smallest absolute Gasteiger partial charge is 0.251 e. The standard InChI is InChI=1S/C12H13BrN2OS/c13-9-5-3-8(4-6-9)12(16)15-10(11(14)17)7-1-2-7/h3-7,10H,1-2H2,(H2,14,17)(H,15,16). The van der Waals surface area contributed by atoms with Gasteiger partial charge in [-0.2, -0.15) is 0 Å². The molecule has 0 bridgehead atoms. The van der Waals surface area contributed by atoms with Gasteiger partial charge in [0.2, 0.25) is 0 Å². The molecule has 1 fully saturated rings. The van der Waals surface area contributed by atoms with E-state index < -0.39 is 0 Å². The molecule has 5 heteroatoms. The van der Waals surface area contributed by atoms with Gasteiger partial charge in [0.05, 0.1) is 11.0 Å². The van der Waals surface area contributed by atoms with Gasteiger partial charge in [-0.1, -0.05) is 28.1 Å². The van der Waals surface area contributed by atoms with Crippen LogP contribution in [0.25, 0.3) is 0 Å². The van der Waals surface area contributed by atoms with Crippen LogP contribution in [-0.2, 0) is 0 Å². The van der Waals surface area contributed by atoms with Crippen molar-refractivity contribution in [3.63, 3.8) is 0 Å². The van der Waals surface area contributed by atoms with E-state index in [0.29, 0.717) is 16.5 Å². The number of amides is 1. The second-order valence-electron chi connectivity index (χ2n) is 4.20. The SMILES string of the molecule is NC(=S)C(NC(=O)c1ccc(Br)cc1)C1CC1. The van der Waals surface area contributed by atoms with Crippen molar-refractivity contribution in [2.24, 2.45) is 11.7 Å². The fourth-order valence-corrected chi connectivity index (χ4v) is 2.19. The number of halogens is 1. The number of hydrogen-bond donors (Lipinski definition) is 2. The third-order valence-corrected chi connectivity index (χ3v) is 3.58. The van der Waals surface area contributed by atoms with E-state index in [1.807, 2.05) is 12.1 Å². The summed E-state index contributed by atoms with van der Waals surface area (Å²) in [4.78, 5) is 12.3. The average molecular weight is 313 g/mol. The highest BCUT2D eigenvalue weighted by atomic mass is 79.9. The van der Waals surface area contributed by atoms with E-state index in [9.17, 15) is 4.79 Å². The van der Waals surface area contributed by atoms with Crippen molar-refractivity contribution in [2.75, 3.05) is 0 Å². The zero-order valence-electron chi connectivity index (χ0n) is 9.15. The molecule has 1 aliphatic rings. The van der Waals surface area contributed by atoms with Gasteiger partial charge in [-0.3, -0.25) is 4.79 Å². The van der Waals surface area contributed by atoms with Gasteiger partial charge >= 0.3 is 0 Å². The minimum absolute atomic E-state index is 0.123. The largest absolute Gasteiger partial charge is 0.392 e. The summed E-state index contributed by atoms with van der Waals surface area (Å²) >= 11 is 8.31.